The van der Waals surface area contributed by atoms with Crippen LogP contribution < -0.4 is 5.32 Å². The molecule has 0 aromatic heterocycles. The fraction of sp³-hybridized carbons (Fsp3) is 1.00. The van der Waals surface area contributed by atoms with Gasteiger partial charge in [0.15, 0.2) is 0 Å². The minimum atomic E-state index is 0.849. The largest absolute Gasteiger partial charge is 0.382 e. The molecule has 18 heavy (non-hydrogen) atoms. The maximum Gasteiger partial charge on any atom is 0.0477 e. The summed E-state index contributed by atoms with van der Waals surface area (Å²) in [6.07, 6.45) is 11.3. The van der Waals surface area contributed by atoms with Crippen molar-refractivity contribution in [2.24, 2.45) is 11.8 Å². The van der Waals surface area contributed by atoms with Crippen LogP contribution in [-0.4, -0.2) is 26.3 Å². The molecule has 1 saturated carbocycles. The highest BCUT2D eigenvalue weighted by Crippen LogP contribution is 2.31. The van der Waals surface area contributed by atoms with Crippen LogP contribution in [0.5, 0.6) is 0 Å². The van der Waals surface area contributed by atoms with Crippen LogP contribution in [0.25, 0.3) is 0 Å². The molecule has 0 amide bonds. The molecule has 1 N–H and O–H groups in total. The van der Waals surface area contributed by atoms with Gasteiger partial charge in [0.2, 0.25) is 0 Å². The first-order valence-corrected chi connectivity index (χ1v) is 8.15. The summed E-state index contributed by atoms with van der Waals surface area (Å²) in [5.74, 6) is 1.98. The van der Waals surface area contributed by atoms with Gasteiger partial charge in [0.1, 0.15) is 0 Å². The molecule has 0 radical (unpaired) electrons. The van der Waals surface area contributed by atoms with Crippen molar-refractivity contribution in [3.8, 4) is 0 Å². The Kier molecular flexibility index (Phi) is 9.59. The molecule has 0 spiro atoms. The molecule has 0 heterocycles. The van der Waals surface area contributed by atoms with E-state index < -0.39 is 0 Å². The van der Waals surface area contributed by atoms with E-state index in [1.54, 1.807) is 0 Å². The van der Waals surface area contributed by atoms with Gasteiger partial charge in [0.25, 0.3) is 0 Å². The van der Waals surface area contributed by atoms with Gasteiger partial charge in [-0.15, -0.1) is 0 Å². The third-order valence-corrected chi connectivity index (χ3v) is 4.21. The van der Waals surface area contributed by atoms with Gasteiger partial charge in [0, 0.05) is 13.2 Å². The first-order chi connectivity index (χ1) is 8.86. The molecule has 0 bridgehead atoms. The first-order valence-electron chi connectivity index (χ1n) is 8.15. The first kappa shape index (κ1) is 16.0. The molecule has 1 aliphatic rings. The highest BCUT2D eigenvalue weighted by molar-refractivity contribution is 4.74. The number of ether oxygens (including phenoxy) is 1. The van der Waals surface area contributed by atoms with Gasteiger partial charge < -0.3 is 10.1 Å². The molecule has 0 unspecified atom stereocenters. The Morgan fingerprint density at radius 3 is 2.39 bits per heavy atom. The number of rotatable bonds is 10. The fourth-order valence-corrected chi connectivity index (χ4v) is 2.97. The van der Waals surface area contributed by atoms with E-state index in [2.05, 4.69) is 19.2 Å². The summed E-state index contributed by atoms with van der Waals surface area (Å²) in [5, 5.41) is 3.59. The van der Waals surface area contributed by atoms with Gasteiger partial charge in [-0.2, -0.15) is 0 Å². The van der Waals surface area contributed by atoms with Crippen LogP contribution in [0.2, 0.25) is 0 Å². The van der Waals surface area contributed by atoms with Crippen LogP contribution in [0.4, 0.5) is 0 Å². The quantitative estimate of drug-likeness (QED) is 0.596. The molecule has 108 valence electrons. The zero-order chi connectivity index (χ0) is 13.1. The van der Waals surface area contributed by atoms with Crippen LogP contribution in [0.15, 0.2) is 0 Å². The van der Waals surface area contributed by atoms with Crippen molar-refractivity contribution in [3.63, 3.8) is 0 Å². The second-order valence-electron chi connectivity index (χ2n) is 5.78. The molecule has 0 aromatic rings. The summed E-state index contributed by atoms with van der Waals surface area (Å²) < 4.78 is 5.34. The monoisotopic (exact) mass is 255 g/mol. The SMILES string of the molecule is CCCCC1CCC(CNCCCOCC)CC1. The van der Waals surface area contributed by atoms with Crippen LogP contribution in [0, 0.1) is 11.8 Å². The van der Waals surface area contributed by atoms with E-state index in [-0.39, 0.29) is 0 Å². The molecular weight excluding hydrogens is 222 g/mol. The number of unbranched alkanes of at least 4 members (excludes halogenated alkanes) is 1. The topological polar surface area (TPSA) is 21.3 Å². The smallest absolute Gasteiger partial charge is 0.0477 e. The maximum absolute atomic E-state index is 5.34. The third kappa shape index (κ3) is 7.38. The normalized spacial score (nSPS) is 24.3. The average Bonchev–Trinajstić information content (AvgIpc) is 2.42. The minimum absolute atomic E-state index is 0.849. The van der Waals surface area contributed by atoms with E-state index in [1.165, 1.54) is 51.5 Å². The van der Waals surface area contributed by atoms with Crippen molar-refractivity contribution >= 4 is 0 Å². The lowest BCUT2D eigenvalue weighted by Crippen LogP contribution is -2.27. The van der Waals surface area contributed by atoms with Crippen LogP contribution in [0.1, 0.15) is 65.2 Å². The summed E-state index contributed by atoms with van der Waals surface area (Å²) >= 11 is 0. The molecule has 1 aliphatic carbocycles. The van der Waals surface area contributed by atoms with Crippen LogP contribution in [-0.2, 0) is 4.74 Å². The Bertz CT molecular complexity index is 176. The number of hydrogen-bond donors (Lipinski definition) is 1. The lowest BCUT2D eigenvalue weighted by Gasteiger charge is -2.28. The Balaban J connectivity index is 1.92. The number of nitrogens with one attached hydrogen (secondary N) is 1. The highest BCUT2D eigenvalue weighted by atomic mass is 16.5. The zero-order valence-corrected chi connectivity index (χ0v) is 12.5. The standard InChI is InChI=1S/C16H33NO/c1-3-5-7-15-8-10-16(11-9-15)14-17-12-6-13-18-4-2/h15-17H,3-14H2,1-2H3. The van der Waals surface area contributed by atoms with Gasteiger partial charge in [0.05, 0.1) is 0 Å². The molecule has 0 aromatic carbocycles. The van der Waals surface area contributed by atoms with E-state index in [1.807, 2.05) is 0 Å². The molecule has 2 heteroatoms. The minimum Gasteiger partial charge on any atom is -0.382 e. The molecule has 2 nitrogen and oxygen atoms in total. The van der Waals surface area contributed by atoms with Gasteiger partial charge in [-0.25, -0.2) is 0 Å². The summed E-state index contributed by atoms with van der Waals surface area (Å²) in [4.78, 5) is 0. The third-order valence-electron chi connectivity index (χ3n) is 4.21. The molecule has 0 atom stereocenters. The van der Waals surface area contributed by atoms with E-state index in [0.29, 0.717) is 0 Å². The maximum atomic E-state index is 5.34. The molecule has 1 fully saturated rings. The molecule has 0 aliphatic heterocycles. The Morgan fingerprint density at radius 1 is 1.00 bits per heavy atom. The average molecular weight is 255 g/mol. The predicted molar refractivity (Wildman–Crippen MR) is 79.0 cm³/mol. The lowest BCUT2D eigenvalue weighted by atomic mass is 9.80. The zero-order valence-electron chi connectivity index (χ0n) is 12.5. The van der Waals surface area contributed by atoms with Crippen molar-refractivity contribution in [2.75, 3.05) is 26.3 Å². The van der Waals surface area contributed by atoms with Gasteiger partial charge in [-0.05, 0) is 51.1 Å². The van der Waals surface area contributed by atoms with E-state index in [9.17, 15) is 0 Å². The second kappa shape index (κ2) is 10.8. The highest BCUT2D eigenvalue weighted by Gasteiger charge is 2.20. The molecule has 0 saturated heterocycles. The van der Waals surface area contributed by atoms with Gasteiger partial charge in [-0.3, -0.25) is 0 Å². The van der Waals surface area contributed by atoms with Crippen molar-refractivity contribution in [1.29, 1.82) is 0 Å². The summed E-state index contributed by atoms with van der Waals surface area (Å²) in [6.45, 7) is 8.47. The van der Waals surface area contributed by atoms with Crippen molar-refractivity contribution in [3.05, 3.63) is 0 Å². The summed E-state index contributed by atoms with van der Waals surface area (Å²) in [7, 11) is 0. The van der Waals surface area contributed by atoms with Crippen molar-refractivity contribution < 1.29 is 4.74 Å². The Labute approximate surface area is 114 Å². The van der Waals surface area contributed by atoms with Crippen molar-refractivity contribution in [1.82, 2.24) is 5.32 Å². The molecular formula is C16H33NO. The predicted octanol–water partition coefficient (Wildman–Crippen LogP) is 4.00. The van der Waals surface area contributed by atoms with E-state index in [4.69, 9.17) is 4.74 Å². The fourth-order valence-electron chi connectivity index (χ4n) is 2.97. The van der Waals surface area contributed by atoms with E-state index in [0.717, 1.165) is 38.0 Å². The van der Waals surface area contributed by atoms with Crippen LogP contribution in [0.3, 0.4) is 0 Å². The van der Waals surface area contributed by atoms with Gasteiger partial charge in [-0.1, -0.05) is 39.0 Å². The van der Waals surface area contributed by atoms with Crippen molar-refractivity contribution in [2.45, 2.75) is 65.2 Å². The summed E-state index contributed by atoms with van der Waals surface area (Å²) in [5.41, 5.74) is 0. The Hall–Kier alpha value is -0.0800. The molecule has 1 rings (SSSR count). The lowest BCUT2D eigenvalue weighted by molar-refractivity contribution is 0.144. The van der Waals surface area contributed by atoms with Gasteiger partial charge >= 0.3 is 0 Å². The second-order valence-corrected chi connectivity index (χ2v) is 5.78. The van der Waals surface area contributed by atoms with E-state index >= 15 is 0 Å². The summed E-state index contributed by atoms with van der Waals surface area (Å²) in [6, 6.07) is 0. The number of hydrogen-bond acceptors (Lipinski definition) is 2. The Morgan fingerprint density at radius 2 is 1.72 bits per heavy atom. The van der Waals surface area contributed by atoms with Crippen LogP contribution >= 0.6 is 0 Å².